The third-order valence-electron chi connectivity index (χ3n) is 4.58. The summed E-state index contributed by atoms with van der Waals surface area (Å²) in [6.07, 6.45) is -0.507. The molecule has 14 heteroatoms. The van der Waals surface area contributed by atoms with Gasteiger partial charge < -0.3 is 5.32 Å². The Morgan fingerprint density at radius 2 is 1.64 bits per heavy atom. The van der Waals surface area contributed by atoms with E-state index < -0.39 is 43.9 Å². The number of aryl methyl sites for hydroxylation is 1. The van der Waals surface area contributed by atoms with Crippen LogP contribution in [0, 0.1) is 12.7 Å². The highest BCUT2D eigenvalue weighted by atomic mass is 32.3. The Kier molecular flexibility index (Phi) is 6.53. The lowest BCUT2D eigenvalue weighted by Crippen LogP contribution is -2.35. The van der Waals surface area contributed by atoms with E-state index in [1.54, 1.807) is 6.92 Å². The molecule has 0 unspecified atom stereocenters. The van der Waals surface area contributed by atoms with Gasteiger partial charge in [-0.05, 0) is 19.9 Å². The molecule has 0 aliphatic carbocycles. The summed E-state index contributed by atoms with van der Waals surface area (Å²) >= 11 is 0. The van der Waals surface area contributed by atoms with Crippen molar-refractivity contribution in [2.45, 2.75) is 26.3 Å². The first-order valence-electron chi connectivity index (χ1n) is 9.38. The highest BCUT2D eigenvalue weighted by Gasteiger charge is 2.28. The van der Waals surface area contributed by atoms with Crippen LogP contribution in [0.15, 0.2) is 30.5 Å². The standard InChI is InChI=1S/C19H20F3N5O4S2/c1-10(13-6-5-7-14(16(13)20)17(21)22)24-19-15-8-12(9-23-18(15)25-11(2)26-19)27(32(3,28)29)33(4,30)31/h5-10,17H,1-4H3,(H,23,24,25,26)/t10-/m1/s1. The van der Waals surface area contributed by atoms with Gasteiger partial charge in [-0.3, -0.25) is 0 Å². The predicted molar refractivity (Wildman–Crippen MR) is 118 cm³/mol. The lowest BCUT2D eigenvalue weighted by atomic mass is 10.0. The van der Waals surface area contributed by atoms with Crippen molar-refractivity contribution >= 4 is 42.6 Å². The molecule has 9 nitrogen and oxygen atoms in total. The second kappa shape index (κ2) is 8.74. The van der Waals surface area contributed by atoms with Crippen LogP contribution in [0.1, 0.15) is 36.3 Å². The van der Waals surface area contributed by atoms with E-state index in [2.05, 4.69) is 20.3 Å². The first-order chi connectivity index (χ1) is 15.2. The average molecular weight is 504 g/mol. The number of alkyl halides is 2. The molecule has 2 aromatic heterocycles. The van der Waals surface area contributed by atoms with Gasteiger partial charge in [-0.1, -0.05) is 18.2 Å². The normalized spacial score (nSPS) is 13.3. The van der Waals surface area contributed by atoms with Crippen LogP contribution in [-0.4, -0.2) is 44.3 Å². The van der Waals surface area contributed by atoms with Crippen molar-refractivity contribution < 1.29 is 30.0 Å². The van der Waals surface area contributed by atoms with Crippen LogP contribution < -0.4 is 9.03 Å². The number of halogens is 3. The van der Waals surface area contributed by atoms with E-state index in [1.165, 1.54) is 25.1 Å². The Balaban J connectivity index is 2.14. The summed E-state index contributed by atoms with van der Waals surface area (Å²) in [5.74, 6) is -0.716. The number of anilines is 2. The van der Waals surface area contributed by atoms with Crippen LogP contribution in [-0.2, 0) is 20.0 Å². The van der Waals surface area contributed by atoms with Gasteiger partial charge in [-0.15, -0.1) is 0 Å². The number of pyridine rings is 1. The Morgan fingerprint density at radius 1 is 1.03 bits per heavy atom. The Labute approximate surface area is 188 Å². The monoisotopic (exact) mass is 503 g/mol. The van der Waals surface area contributed by atoms with Crippen molar-refractivity contribution in [2.75, 3.05) is 21.5 Å². The number of nitrogens with one attached hydrogen (secondary N) is 1. The van der Waals surface area contributed by atoms with Crippen molar-refractivity contribution in [3.05, 3.63) is 53.2 Å². The predicted octanol–water partition coefficient (Wildman–Crippen LogP) is 3.31. The Morgan fingerprint density at radius 3 is 2.21 bits per heavy atom. The van der Waals surface area contributed by atoms with Crippen LogP contribution in [0.3, 0.4) is 0 Å². The van der Waals surface area contributed by atoms with Crippen molar-refractivity contribution in [3.8, 4) is 0 Å². The summed E-state index contributed by atoms with van der Waals surface area (Å²) in [5.41, 5.74) is -0.952. The fraction of sp³-hybridized carbons (Fsp3) is 0.316. The molecule has 0 aliphatic rings. The molecule has 0 radical (unpaired) electrons. The Bertz CT molecular complexity index is 1400. The van der Waals surface area contributed by atoms with E-state index >= 15 is 0 Å². The maximum absolute atomic E-state index is 14.6. The molecular weight excluding hydrogens is 483 g/mol. The van der Waals surface area contributed by atoms with E-state index in [9.17, 15) is 30.0 Å². The van der Waals surface area contributed by atoms with E-state index in [0.29, 0.717) is 0 Å². The molecule has 1 N–H and O–H groups in total. The molecule has 0 saturated heterocycles. The summed E-state index contributed by atoms with van der Waals surface area (Å²) in [7, 11) is -8.45. The number of rotatable bonds is 7. The molecule has 0 fully saturated rings. The molecule has 1 aromatic carbocycles. The Hall–Kier alpha value is -3.00. The van der Waals surface area contributed by atoms with Crippen LogP contribution in [0.5, 0.6) is 0 Å². The van der Waals surface area contributed by atoms with Gasteiger partial charge in [0.2, 0.25) is 20.0 Å². The molecule has 1 atom stereocenters. The maximum Gasteiger partial charge on any atom is 0.266 e. The van der Waals surface area contributed by atoms with E-state index in [4.69, 9.17) is 0 Å². The van der Waals surface area contributed by atoms with Gasteiger partial charge >= 0.3 is 0 Å². The summed E-state index contributed by atoms with van der Waals surface area (Å²) in [5, 5.41) is 3.05. The number of fused-ring (bicyclic) bond motifs is 1. The van der Waals surface area contributed by atoms with Crippen molar-refractivity contribution in [1.29, 1.82) is 0 Å². The van der Waals surface area contributed by atoms with E-state index in [0.717, 1.165) is 24.8 Å². The van der Waals surface area contributed by atoms with E-state index in [1.807, 2.05) is 0 Å². The molecule has 3 rings (SSSR count). The second-order valence-electron chi connectivity index (χ2n) is 7.32. The third-order valence-corrected chi connectivity index (χ3v) is 7.83. The van der Waals surface area contributed by atoms with E-state index in [-0.39, 0.29) is 37.6 Å². The molecule has 0 saturated carbocycles. The highest BCUT2D eigenvalue weighted by Crippen LogP contribution is 2.32. The summed E-state index contributed by atoms with van der Waals surface area (Å²) in [6, 6.07) is 4.00. The van der Waals surface area contributed by atoms with Gasteiger partial charge in [-0.2, -0.15) is 3.71 Å². The summed E-state index contributed by atoms with van der Waals surface area (Å²) in [6.45, 7) is 3.08. The van der Waals surface area contributed by atoms with Gasteiger partial charge in [0.15, 0.2) is 5.65 Å². The number of hydrogen-bond donors (Lipinski definition) is 1. The largest absolute Gasteiger partial charge is 0.363 e. The van der Waals surface area contributed by atoms with Crippen LogP contribution in [0.4, 0.5) is 24.7 Å². The molecule has 0 spiro atoms. The lowest BCUT2D eigenvalue weighted by Gasteiger charge is -2.21. The van der Waals surface area contributed by atoms with Crippen LogP contribution in [0.25, 0.3) is 11.0 Å². The van der Waals surface area contributed by atoms with Crippen molar-refractivity contribution in [3.63, 3.8) is 0 Å². The first-order valence-corrected chi connectivity index (χ1v) is 13.1. The molecule has 2 heterocycles. The smallest absolute Gasteiger partial charge is 0.266 e. The van der Waals surface area contributed by atoms with Gasteiger partial charge in [-0.25, -0.2) is 45.0 Å². The minimum Gasteiger partial charge on any atom is -0.363 e. The first kappa shape index (κ1) is 24.6. The SMILES string of the molecule is Cc1nc(N[C@H](C)c2cccc(C(F)F)c2F)c2cc(N(S(C)(=O)=O)S(C)(=O)=O)cnc2n1. The number of aromatic nitrogens is 3. The quantitative estimate of drug-likeness (QED) is 0.521. The van der Waals surface area contributed by atoms with Gasteiger partial charge in [0.05, 0.1) is 41.4 Å². The zero-order chi connectivity index (χ0) is 24.7. The lowest BCUT2D eigenvalue weighted by molar-refractivity contribution is 0.146. The molecule has 0 aliphatic heterocycles. The average Bonchev–Trinajstić information content (AvgIpc) is 2.66. The molecule has 3 aromatic rings. The molecule has 33 heavy (non-hydrogen) atoms. The topological polar surface area (TPSA) is 122 Å². The minimum atomic E-state index is -4.23. The van der Waals surface area contributed by atoms with Crippen LogP contribution in [0.2, 0.25) is 0 Å². The zero-order valence-electron chi connectivity index (χ0n) is 17.9. The fourth-order valence-electron chi connectivity index (χ4n) is 3.30. The second-order valence-corrected chi connectivity index (χ2v) is 11.2. The van der Waals surface area contributed by atoms with Gasteiger partial charge in [0.1, 0.15) is 17.5 Å². The summed E-state index contributed by atoms with van der Waals surface area (Å²) < 4.78 is 89.4. The summed E-state index contributed by atoms with van der Waals surface area (Å²) in [4.78, 5) is 12.4. The van der Waals surface area contributed by atoms with Crippen LogP contribution >= 0.6 is 0 Å². The third kappa shape index (κ3) is 5.16. The number of sulfonamides is 2. The number of benzene rings is 1. The maximum atomic E-state index is 14.6. The molecule has 178 valence electrons. The number of hydrogen-bond acceptors (Lipinski definition) is 8. The zero-order valence-corrected chi connectivity index (χ0v) is 19.5. The molecule has 0 amide bonds. The molecular formula is C19H20F3N5O4S2. The van der Waals surface area contributed by atoms with Gasteiger partial charge in [0.25, 0.3) is 6.43 Å². The number of nitrogens with zero attached hydrogens (tertiary/aromatic N) is 4. The highest BCUT2D eigenvalue weighted by molar-refractivity contribution is 8.09. The minimum absolute atomic E-state index is 0.0461. The van der Waals surface area contributed by atoms with Crippen molar-refractivity contribution in [1.82, 2.24) is 15.0 Å². The van der Waals surface area contributed by atoms with Gasteiger partial charge in [0, 0.05) is 5.56 Å². The van der Waals surface area contributed by atoms with Crippen molar-refractivity contribution in [2.24, 2.45) is 0 Å². The fourth-order valence-corrected chi connectivity index (χ4v) is 6.24. The molecule has 0 bridgehead atoms.